The molecule has 3 aromatic carbocycles. The number of nitrogens with zero attached hydrogens (tertiary/aromatic N) is 2. The number of alkyl halides is 2. The fraction of sp³-hybridized carbons (Fsp3) is 0.479. The molecule has 4 aliphatic rings. The number of aryl methyl sites for hydroxylation is 6. The lowest BCUT2D eigenvalue weighted by Crippen LogP contribution is -2.44. The second kappa shape index (κ2) is 17.9. The Morgan fingerprint density at radius 2 is 1.18 bits per heavy atom. The van der Waals surface area contributed by atoms with Gasteiger partial charge in [-0.15, -0.1) is 23.2 Å². The van der Waals surface area contributed by atoms with Crippen LogP contribution < -0.4 is 9.80 Å². The van der Waals surface area contributed by atoms with Gasteiger partial charge in [-0.2, -0.15) is 0 Å². The van der Waals surface area contributed by atoms with Gasteiger partial charge < -0.3 is 4.74 Å². The number of anilines is 2. The van der Waals surface area contributed by atoms with Crippen LogP contribution in [0.5, 0.6) is 0 Å². The van der Waals surface area contributed by atoms with Crippen molar-refractivity contribution in [3.8, 4) is 0 Å². The van der Waals surface area contributed by atoms with Gasteiger partial charge in [-0.3, -0.25) is 14.6 Å². The Morgan fingerprint density at radius 1 is 0.737 bits per heavy atom. The molecular formula is C48H57Br2Cl2N2O2P. The minimum Gasteiger partial charge on any atom is -0.426 e. The summed E-state index contributed by atoms with van der Waals surface area (Å²) in [5, 5.41) is -0.654. The number of hydrogen-bond donors (Lipinski definition) is 0. The van der Waals surface area contributed by atoms with Crippen LogP contribution in [0.1, 0.15) is 123 Å². The minimum atomic E-state index is -0.744. The van der Waals surface area contributed by atoms with Gasteiger partial charge in [0.2, 0.25) is 0 Å². The molecule has 9 heteroatoms. The van der Waals surface area contributed by atoms with Gasteiger partial charge in [0.05, 0.1) is 21.4 Å². The molecule has 2 unspecified atom stereocenters. The Morgan fingerprint density at radius 3 is 1.60 bits per heavy atom. The molecule has 0 bridgehead atoms. The van der Waals surface area contributed by atoms with Crippen molar-refractivity contribution in [2.24, 2.45) is 0 Å². The van der Waals surface area contributed by atoms with Crippen molar-refractivity contribution in [3.63, 3.8) is 0 Å². The topological polar surface area (TPSA) is 32.8 Å². The Hall–Kier alpha value is -2.08. The molecule has 3 fully saturated rings. The Bertz CT molecular complexity index is 1980. The lowest BCUT2D eigenvalue weighted by molar-refractivity contribution is -0.134. The highest BCUT2D eigenvalue weighted by atomic mass is 79.9. The second-order valence-electron chi connectivity index (χ2n) is 16.9. The molecule has 0 amide bonds. The third kappa shape index (κ3) is 8.35. The first-order valence-corrected chi connectivity index (χ1v) is 24.7. The van der Waals surface area contributed by atoms with E-state index in [9.17, 15) is 4.79 Å². The maximum Gasteiger partial charge on any atom is 0.308 e. The Kier molecular flexibility index (Phi) is 13.5. The van der Waals surface area contributed by atoms with Gasteiger partial charge in [0.1, 0.15) is 20.8 Å². The van der Waals surface area contributed by atoms with E-state index in [4.69, 9.17) is 27.9 Å². The van der Waals surface area contributed by atoms with Crippen molar-refractivity contribution >= 4 is 86.1 Å². The molecule has 4 nitrogen and oxygen atoms in total. The summed E-state index contributed by atoms with van der Waals surface area (Å²) < 4.78 is 7.32. The molecule has 0 aromatic heterocycles. The number of carbonyl (C=O) groups is 1. The lowest BCUT2D eigenvalue weighted by Gasteiger charge is -2.52. The predicted molar refractivity (Wildman–Crippen MR) is 251 cm³/mol. The zero-order valence-electron chi connectivity index (χ0n) is 34.6. The Labute approximate surface area is 369 Å². The zero-order chi connectivity index (χ0) is 40.8. The summed E-state index contributed by atoms with van der Waals surface area (Å²) in [5.74, 6) is 1.16. The molecule has 0 N–H and O–H groups in total. The number of esters is 1. The van der Waals surface area contributed by atoms with Crippen molar-refractivity contribution in [1.29, 1.82) is 0 Å². The largest absolute Gasteiger partial charge is 0.426 e. The number of carbonyl (C=O) groups excluding carboxylic acids is 1. The molecule has 7 rings (SSSR count). The van der Waals surface area contributed by atoms with E-state index in [0.717, 1.165) is 49.5 Å². The van der Waals surface area contributed by atoms with E-state index < -0.39 is 17.9 Å². The van der Waals surface area contributed by atoms with E-state index in [0.29, 0.717) is 23.5 Å². The zero-order valence-corrected chi connectivity index (χ0v) is 40.2. The maximum absolute atomic E-state index is 13.0. The molecule has 2 atom stereocenters. The van der Waals surface area contributed by atoms with Gasteiger partial charge in [-0.25, -0.2) is 0 Å². The summed E-state index contributed by atoms with van der Waals surface area (Å²) in [6, 6.07) is 19.1. The molecule has 1 heterocycles. The highest BCUT2D eigenvalue weighted by Crippen LogP contribution is 2.73. The first-order valence-electron chi connectivity index (χ1n) is 20.9. The quantitative estimate of drug-likeness (QED) is 0.0777. The van der Waals surface area contributed by atoms with Gasteiger partial charge in [0, 0.05) is 18.1 Å². The van der Waals surface area contributed by atoms with Gasteiger partial charge >= 0.3 is 5.97 Å². The van der Waals surface area contributed by atoms with E-state index in [1.165, 1.54) is 105 Å². The third-order valence-corrected chi connectivity index (χ3v) is 19.9. The number of ether oxygens (including phenoxy) is 1. The van der Waals surface area contributed by atoms with Crippen molar-refractivity contribution in [2.75, 3.05) is 9.80 Å². The van der Waals surface area contributed by atoms with Crippen LogP contribution in [-0.4, -0.2) is 27.3 Å². The smallest absolute Gasteiger partial charge is 0.308 e. The van der Waals surface area contributed by atoms with E-state index in [-0.39, 0.29) is 5.97 Å². The minimum absolute atomic E-state index is 0.359. The summed E-state index contributed by atoms with van der Waals surface area (Å²) >= 11 is 25.5. The number of hydrogen-bond acceptors (Lipinski definition) is 4. The van der Waals surface area contributed by atoms with Crippen molar-refractivity contribution < 1.29 is 9.53 Å². The monoisotopic (exact) mass is 952 g/mol. The molecule has 1 aliphatic heterocycles. The van der Waals surface area contributed by atoms with E-state index in [1.54, 1.807) is 0 Å². The van der Waals surface area contributed by atoms with Gasteiger partial charge in [-0.1, -0.05) is 112 Å². The lowest BCUT2D eigenvalue weighted by atomic mass is 9.85. The van der Waals surface area contributed by atoms with Gasteiger partial charge in [0.15, 0.2) is 0 Å². The van der Waals surface area contributed by atoms with Gasteiger partial charge in [-0.05, 0) is 151 Å². The Balaban J connectivity index is 1.62. The van der Waals surface area contributed by atoms with Gasteiger partial charge in [0.25, 0.3) is 0 Å². The molecule has 0 radical (unpaired) electrons. The van der Waals surface area contributed by atoms with E-state index in [2.05, 4.69) is 107 Å². The molecule has 57 heavy (non-hydrogen) atoms. The van der Waals surface area contributed by atoms with Crippen LogP contribution in [0, 0.1) is 41.5 Å². The highest BCUT2D eigenvalue weighted by molar-refractivity contribution is 9.14. The second-order valence-corrected chi connectivity index (χ2v) is 22.8. The fourth-order valence-electron chi connectivity index (χ4n) is 10.5. The van der Waals surface area contributed by atoms with Crippen LogP contribution in [0.2, 0.25) is 0 Å². The fourth-order valence-corrected chi connectivity index (χ4v) is 17.8. The van der Waals surface area contributed by atoms with E-state index >= 15 is 0 Å². The third-order valence-electron chi connectivity index (χ3n) is 12.6. The predicted octanol–water partition coefficient (Wildman–Crippen LogP) is 15.4. The summed E-state index contributed by atoms with van der Waals surface area (Å²) in [6.45, 7) is 14.6. The van der Waals surface area contributed by atoms with Crippen LogP contribution >= 0.6 is 63.0 Å². The van der Waals surface area contributed by atoms with Crippen molar-refractivity contribution in [2.45, 2.75) is 147 Å². The first kappa shape index (κ1) is 43.0. The van der Waals surface area contributed by atoms with Crippen LogP contribution in [0.4, 0.5) is 11.4 Å². The summed E-state index contributed by atoms with van der Waals surface area (Å²) in [4.78, 5) is 17.7. The summed E-state index contributed by atoms with van der Waals surface area (Å²) in [6.07, 6.45) is 13.9. The maximum atomic E-state index is 13.0. The average molecular weight is 956 g/mol. The molecule has 304 valence electrons. The summed E-state index contributed by atoms with van der Waals surface area (Å²) in [5.41, 5.74) is 13.3. The number of rotatable bonds is 7. The van der Waals surface area contributed by atoms with Crippen LogP contribution in [-0.2, 0) is 9.53 Å². The molecular weight excluding hydrogens is 898 g/mol. The van der Waals surface area contributed by atoms with Crippen LogP contribution in [0.3, 0.4) is 0 Å². The molecule has 0 spiro atoms. The number of halogens is 4. The van der Waals surface area contributed by atoms with E-state index in [1.807, 2.05) is 30.3 Å². The molecule has 3 saturated carbocycles. The van der Waals surface area contributed by atoms with Crippen molar-refractivity contribution in [1.82, 2.24) is 0 Å². The molecule has 3 aromatic rings. The molecule has 3 aliphatic carbocycles. The van der Waals surface area contributed by atoms with Crippen LogP contribution in [0.15, 0.2) is 80.8 Å². The SMILES string of the molecule is CC(=O)OC(=C1CCC(Cl)(P(C2CCCCC2)C2CCCCC2)C(=C2N(c3c(C)cc(C)cc3C)C(Br)=C(Br)N2c2c(C)cc(C)cc2C)C1Cl)c1ccccc1. The summed E-state index contributed by atoms with van der Waals surface area (Å²) in [7, 11) is -0.744. The standard InChI is InChI=1S/C48H57Br2Cl2N2O2P/c1-29-25-31(3)42(32(4)26-29)53-45(49)46(50)54(43-33(5)27-30(2)28-34(43)6)47(53)40-41(51)39(44(56-35(7)55)36-17-11-8-12-18-36)23-24-48(40,52)57(37-19-13-9-14-20-37)38-21-15-10-16-22-38/h8,11-12,17-18,25-28,37-38,41H,9-10,13-16,19-24H2,1-7H3. The number of allylic oxidation sites excluding steroid dienone is 2. The molecule has 0 saturated heterocycles. The normalized spacial score (nSPS) is 23.5. The first-order chi connectivity index (χ1) is 27.2. The number of benzene rings is 3. The highest BCUT2D eigenvalue weighted by Gasteiger charge is 2.56. The van der Waals surface area contributed by atoms with Crippen molar-refractivity contribution in [3.05, 3.63) is 120 Å². The average Bonchev–Trinajstić information content (AvgIpc) is 3.39. The van der Waals surface area contributed by atoms with Crippen LogP contribution in [0.25, 0.3) is 5.76 Å².